The normalized spacial score (nSPS) is 21.4. The molecule has 3 unspecified atom stereocenters. The Balaban J connectivity index is 1.97. The Labute approximate surface area is 244 Å². The van der Waals surface area contributed by atoms with Crippen molar-refractivity contribution >= 4 is 40.7 Å². The predicted molar refractivity (Wildman–Crippen MR) is 156 cm³/mol. The van der Waals surface area contributed by atoms with E-state index in [1.165, 1.54) is 7.11 Å². The first-order valence-electron chi connectivity index (χ1n) is 13.7. The number of rotatable bonds is 13. The number of nitrogens with one attached hydrogen (secondary N) is 1. The number of benzene rings is 1. The maximum Gasteiger partial charge on any atom is 0.247 e. The fourth-order valence-corrected chi connectivity index (χ4v) is 6.04. The highest BCUT2D eigenvalue weighted by Crippen LogP contribution is 2.37. The van der Waals surface area contributed by atoms with E-state index in [0.29, 0.717) is 57.3 Å². The molecular formula is C29H41IN2O7. The quantitative estimate of drug-likeness (QED) is 0.219. The molecule has 0 radical (unpaired) electrons. The summed E-state index contributed by atoms with van der Waals surface area (Å²) < 4.78 is 12.4. The summed E-state index contributed by atoms with van der Waals surface area (Å²) in [5, 5.41) is 23.5. The molecule has 9 nitrogen and oxygen atoms in total. The van der Waals surface area contributed by atoms with Gasteiger partial charge in [0, 0.05) is 37.1 Å². The first-order chi connectivity index (χ1) is 18.7. The third-order valence-corrected chi connectivity index (χ3v) is 8.26. The minimum atomic E-state index is -1.11. The smallest absolute Gasteiger partial charge is 0.247 e. The molecule has 1 saturated carbocycles. The molecule has 1 aromatic rings. The van der Waals surface area contributed by atoms with Crippen molar-refractivity contribution in [1.82, 2.24) is 10.2 Å². The fourth-order valence-electron chi connectivity index (χ4n) is 5.29. The number of nitrogens with zero attached hydrogens (tertiary/aromatic N) is 1. The third kappa shape index (κ3) is 8.40. The molecule has 216 valence electrons. The van der Waals surface area contributed by atoms with Crippen molar-refractivity contribution in [3.63, 3.8) is 0 Å². The van der Waals surface area contributed by atoms with E-state index in [2.05, 4.69) is 19.2 Å². The van der Waals surface area contributed by atoms with Gasteiger partial charge in [-0.1, -0.05) is 26.7 Å². The van der Waals surface area contributed by atoms with Crippen LogP contribution in [0.3, 0.4) is 0 Å². The summed E-state index contributed by atoms with van der Waals surface area (Å²) in [4.78, 5) is 39.8. The first kappa shape index (κ1) is 31.3. The zero-order chi connectivity index (χ0) is 28.5. The Hall–Kier alpha value is -2.18. The standard InChI is InChI=1S/C29H41IN2O7/c1-18(2)8-10-32(26(35)14-19-6-4-5-7-19)23-15-21(29(37)31-9-11-33)16-24(27(23)36)39-28-22(30)12-20(17-34)13-25(28)38-3/h12-13,16-19,23-24,27,33,36H,4-11,14-15H2,1-3H3,(H,31,37). The zero-order valence-electron chi connectivity index (χ0n) is 23.0. The van der Waals surface area contributed by atoms with Gasteiger partial charge in [0.25, 0.3) is 0 Å². The first-order valence-corrected chi connectivity index (χ1v) is 14.8. The van der Waals surface area contributed by atoms with Crippen molar-refractivity contribution in [2.24, 2.45) is 11.8 Å². The molecule has 3 rings (SSSR count). The monoisotopic (exact) mass is 656 g/mol. The van der Waals surface area contributed by atoms with Crippen molar-refractivity contribution < 1.29 is 34.1 Å². The number of aliphatic hydroxyl groups is 2. The zero-order valence-corrected chi connectivity index (χ0v) is 25.2. The number of aldehydes is 1. The van der Waals surface area contributed by atoms with Gasteiger partial charge in [0.15, 0.2) is 11.5 Å². The van der Waals surface area contributed by atoms with E-state index in [-0.39, 0.29) is 31.4 Å². The highest BCUT2D eigenvalue weighted by Gasteiger charge is 2.41. The van der Waals surface area contributed by atoms with Crippen molar-refractivity contribution in [2.45, 2.75) is 77.0 Å². The summed E-state index contributed by atoms with van der Waals surface area (Å²) in [7, 11) is 1.46. The topological polar surface area (TPSA) is 125 Å². The van der Waals surface area contributed by atoms with Crippen LogP contribution in [0.5, 0.6) is 11.5 Å². The highest BCUT2D eigenvalue weighted by molar-refractivity contribution is 14.1. The number of hydrogen-bond acceptors (Lipinski definition) is 7. The molecule has 2 aliphatic rings. The molecule has 3 atom stereocenters. The Kier molecular flexibility index (Phi) is 12.1. The van der Waals surface area contributed by atoms with E-state index in [9.17, 15) is 24.6 Å². The van der Waals surface area contributed by atoms with Gasteiger partial charge in [-0.05, 0) is 71.9 Å². The molecular weight excluding hydrogens is 615 g/mol. The van der Waals surface area contributed by atoms with E-state index < -0.39 is 18.2 Å². The lowest BCUT2D eigenvalue weighted by molar-refractivity contribution is -0.139. The SMILES string of the molecule is COc1cc(C=O)cc(I)c1OC1C=C(C(=O)NCCO)CC(N(CCC(C)C)C(=O)CC2CCCC2)C1O. The van der Waals surface area contributed by atoms with E-state index in [4.69, 9.17) is 9.47 Å². The second-order valence-electron chi connectivity index (χ2n) is 10.8. The summed E-state index contributed by atoms with van der Waals surface area (Å²) in [6, 6.07) is 2.53. The van der Waals surface area contributed by atoms with Crippen LogP contribution < -0.4 is 14.8 Å². The second-order valence-corrected chi connectivity index (χ2v) is 12.0. The Morgan fingerprint density at radius 3 is 2.59 bits per heavy atom. The van der Waals surface area contributed by atoms with Crippen LogP contribution in [-0.4, -0.2) is 78.3 Å². The lowest BCUT2D eigenvalue weighted by atomic mass is 9.87. The summed E-state index contributed by atoms with van der Waals surface area (Å²) in [5.74, 6) is 0.976. The number of aliphatic hydroxyl groups excluding tert-OH is 2. The molecule has 0 aromatic heterocycles. The van der Waals surface area contributed by atoms with Crippen molar-refractivity contribution in [3.8, 4) is 11.5 Å². The summed E-state index contributed by atoms with van der Waals surface area (Å²) in [6.45, 7) is 4.54. The fraction of sp³-hybridized carbons (Fsp3) is 0.621. The molecule has 3 N–H and O–H groups in total. The Morgan fingerprint density at radius 1 is 1.26 bits per heavy atom. The summed E-state index contributed by atoms with van der Waals surface area (Å²) >= 11 is 2.04. The minimum absolute atomic E-state index is 0.00939. The maximum atomic E-state index is 13.7. The summed E-state index contributed by atoms with van der Waals surface area (Å²) in [6.07, 6.45) is 5.94. The van der Waals surface area contributed by atoms with Crippen LogP contribution in [0.15, 0.2) is 23.8 Å². The van der Waals surface area contributed by atoms with E-state index >= 15 is 0 Å². The van der Waals surface area contributed by atoms with Crippen LogP contribution >= 0.6 is 22.6 Å². The van der Waals surface area contributed by atoms with Gasteiger partial charge < -0.3 is 29.9 Å². The number of amides is 2. The third-order valence-electron chi connectivity index (χ3n) is 7.46. The minimum Gasteiger partial charge on any atom is -0.493 e. The van der Waals surface area contributed by atoms with E-state index in [1.54, 1.807) is 23.1 Å². The van der Waals surface area contributed by atoms with E-state index in [0.717, 1.165) is 32.1 Å². The van der Waals surface area contributed by atoms with Gasteiger partial charge in [0.2, 0.25) is 11.8 Å². The van der Waals surface area contributed by atoms with Crippen LogP contribution in [0, 0.1) is 15.4 Å². The number of methoxy groups -OCH3 is 1. The van der Waals surface area contributed by atoms with Crippen LogP contribution in [0.25, 0.3) is 0 Å². The molecule has 2 amide bonds. The molecule has 10 heteroatoms. The molecule has 1 aromatic carbocycles. The number of halogens is 1. The van der Waals surface area contributed by atoms with Crippen LogP contribution in [0.4, 0.5) is 0 Å². The van der Waals surface area contributed by atoms with Gasteiger partial charge in [0.05, 0.1) is 23.3 Å². The second kappa shape index (κ2) is 15.0. The lowest BCUT2D eigenvalue weighted by Gasteiger charge is -2.41. The number of carbonyl (C=O) groups excluding carboxylic acids is 3. The average Bonchev–Trinajstić information content (AvgIpc) is 3.42. The van der Waals surface area contributed by atoms with Crippen LogP contribution in [0.2, 0.25) is 0 Å². The van der Waals surface area contributed by atoms with Gasteiger partial charge in [-0.25, -0.2) is 0 Å². The molecule has 0 aliphatic heterocycles. The number of carbonyl (C=O) groups is 3. The predicted octanol–water partition coefficient (Wildman–Crippen LogP) is 3.48. The molecule has 1 fully saturated rings. The number of hydrogen-bond donors (Lipinski definition) is 3. The number of ether oxygens (including phenoxy) is 2. The molecule has 0 saturated heterocycles. The maximum absolute atomic E-state index is 13.7. The van der Waals surface area contributed by atoms with Gasteiger partial charge in [-0.15, -0.1) is 0 Å². The molecule has 0 spiro atoms. The summed E-state index contributed by atoms with van der Waals surface area (Å²) in [5.41, 5.74) is 0.799. The molecule has 0 bridgehead atoms. The van der Waals surface area contributed by atoms with E-state index in [1.807, 2.05) is 22.6 Å². The Bertz CT molecular complexity index is 1040. The van der Waals surface area contributed by atoms with Crippen LogP contribution in [0.1, 0.15) is 69.2 Å². The van der Waals surface area contributed by atoms with Gasteiger partial charge in [0.1, 0.15) is 18.5 Å². The van der Waals surface area contributed by atoms with Crippen molar-refractivity contribution in [1.29, 1.82) is 0 Å². The van der Waals surface area contributed by atoms with Crippen molar-refractivity contribution in [2.75, 3.05) is 26.8 Å². The van der Waals surface area contributed by atoms with Crippen LogP contribution in [-0.2, 0) is 9.59 Å². The molecule has 2 aliphatic carbocycles. The Morgan fingerprint density at radius 2 is 1.97 bits per heavy atom. The molecule has 0 heterocycles. The van der Waals surface area contributed by atoms with Crippen molar-refractivity contribution in [3.05, 3.63) is 32.9 Å². The van der Waals surface area contributed by atoms with Gasteiger partial charge in [-0.3, -0.25) is 14.4 Å². The van der Waals surface area contributed by atoms with Gasteiger partial charge in [-0.2, -0.15) is 0 Å². The largest absolute Gasteiger partial charge is 0.493 e. The lowest BCUT2D eigenvalue weighted by Crippen LogP contribution is -2.55. The molecule has 39 heavy (non-hydrogen) atoms. The van der Waals surface area contributed by atoms with Gasteiger partial charge >= 0.3 is 0 Å². The average molecular weight is 657 g/mol. The highest BCUT2D eigenvalue weighted by atomic mass is 127.